The van der Waals surface area contributed by atoms with Crippen LogP contribution in [0.3, 0.4) is 0 Å². The first-order chi connectivity index (χ1) is 8.65. The Balaban J connectivity index is 1.98. The molecule has 0 aliphatic heterocycles. The van der Waals surface area contributed by atoms with Crippen LogP contribution in [0.2, 0.25) is 0 Å². The van der Waals surface area contributed by atoms with Crippen LogP contribution < -0.4 is 5.32 Å². The summed E-state index contributed by atoms with van der Waals surface area (Å²) in [5, 5.41) is 2.80. The number of carbonyl (C=O) groups excluding carboxylic acids is 1. The summed E-state index contributed by atoms with van der Waals surface area (Å²) in [4.78, 5) is 11.8. The summed E-state index contributed by atoms with van der Waals surface area (Å²) in [7, 11) is 0. The minimum absolute atomic E-state index is 0.127. The van der Waals surface area contributed by atoms with Crippen LogP contribution in [0.5, 0.6) is 0 Å². The van der Waals surface area contributed by atoms with Gasteiger partial charge in [0.2, 0.25) is 0 Å². The van der Waals surface area contributed by atoms with Gasteiger partial charge in [-0.25, -0.2) is 4.39 Å². The van der Waals surface area contributed by atoms with Crippen LogP contribution in [0, 0.1) is 9.39 Å². The molecule has 18 heavy (non-hydrogen) atoms. The molecule has 0 aliphatic carbocycles. The molecule has 0 aliphatic rings. The minimum Gasteiger partial charge on any atom is -0.348 e. The maximum Gasteiger partial charge on any atom is 0.251 e. The molecule has 2 rings (SSSR count). The molecule has 2 aromatic rings. The number of hydrogen-bond acceptors (Lipinski definition) is 1. The van der Waals surface area contributed by atoms with Gasteiger partial charge in [0.1, 0.15) is 5.82 Å². The standard InChI is InChI=1S/C14H11FINO/c15-12-6-4-10(5-7-12)9-17-14(18)11-2-1-3-13(16)8-11/h1-8H,9H2,(H,17,18). The molecule has 0 spiro atoms. The average Bonchev–Trinajstić information content (AvgIpc) is 2.38. The zero-order valence-corrected chi connectivity index (χ0v) is 11.6. The monoisotopic (exact) mass is 355 g/mol. The zero-order valence-electron chi connectivity index (χ0n) is 9.49. The van der Waals surface area contributed by atoms with E-state index in [0.717, 1.165) is 9.13 Å². The molecule has 1 amide bonds. The fourth-order valence-electron chi connectivity index (χ4n) is 1.52. The highest BCUT2D eigenvalue weighted by Crippen LogP contribution is 2.08. The molecular formula is C14H11FINO. The lowest BCUT2D eigenvalue weighted by atomic mass is 10.2. The van der Waals surface area contributed by atoms with Gasteiger partial charge in [0.25, 0.3) is 5.91 Å². The molecule has 1 N–H and O–H groups in total. The molecule has 0 radical (unpaired) electrons. The van der Waals surface area contributed by atoms with E-state index in [1.165, 1.54) is 12.1 Å². The van der Waals surface area contributed by atoms with Crippen molar-refractivity contribution in [1.29, 1.82) is 0 Å². The highest BCUT2D eigenvalue weighted by molar-refractivity contribution is 14.1. The Morgan fingerprint density at radius 2 is 1.89 bits per heavy atom. The Labute approximate surface area is 118 Å². The number of rotatable bonds is 3. The molecule has 0 bridgehead atoms. The second-order valence-electron chi connectivity index (χ2n) is 3.82. The lowest BCUT2D eigenvalue weighted by Crippen LogP contribution is -2.22. The van der Waals surface area contributed by atoms with Gasteiger partial charge >= 0.3 is 0 Å². The Morgan fingerprint density at radius 3 is 2.56 bits per heavy atom. The Morgan fingerprint density at radius 1 is 1.17 bits per heavy atom. The highest BCUT2D eigenvalue weighted by Gasteiger charge is 2.05. The van der Waals surface area contributed by atoms with Crippen molar-refractivity contribution in [3.63, 3.8) is 0 Å². The number of nitrogens with one attached hydrogen (secondary N) is 1. The molecule has 0 heterocycles. The first-order valence-corrected chi connectivity index (χ1v) is 6.51. The van der Waals surface area contributed by atoms with E-state index in [2.05, 4.69) is 27.9 Å². The van der Waals surface area contributed by atoms with E-state index in [1.54, 1.807) is 18.2 Å². The quantitative estimate of drug-likeness (QED) is 0.841. The second kappa shape index (κ2) is 5.95. The van der Waals surface area contributed by atoms with E-state index in [0.29, 0.717) is 12.1 Å². The Kier molecular flexibility index (Phi) is 4.30. The Hall–Kier alpha value is -1.43. The van der Waals surface area contributed by atoms with Crippen LogP contribution in [0.25, 0.3) is 0 Å². The van der Waals surface area contributed by atoms with Crippen molar-refractivity contribution >= 4 is 28.5 Å². The third-order valence-electron chi connectivity index (χ3n) is 2.45. The van der Waals surface area contributed by atoms with Crippen molar-refractivity contribution in [2.75, 3.05) is 0 Å². The summed E-state index contributed by atoms with van der Waals surface area (Å²) < 4.78 is 13.7. The van der Waals surface area contributed by atoms with Crippen LogP contribution in [-0.4, -0.2) is 5.91 Å². The first-order valence-electron chi connectivity index (χ1n) is 5.43. The average molecular weight is 355 g/mol. The van der Waals surface area contributed by atoms with E-state index in [-0.39, 0.29) is 11.7 Å². The predicted octanol–water partition coefficient (Wildman–Crippen LogP) is 3.36. The number of benzene rings is 2. The van der Waals surface area contributed by atoms with Crippen LogP contribution in [0.1, 0.15) is 15.9 Å². The van der Waals surface area contributed by atoms with E-state index in [9.17, 15) is 9.18 Å². The molecule has 2 nitrogen and oxygen atoms in total. The SMILES string of the molecule is O=C(NCc1ccc(F)cc1)c1cccc(I)c1. The molecule has 4 heteroatoms. The minimum atomic E-state index is -0.275. The Bertz CT molecular complexity index is 554. The van der Waals surface area contributed by atoms with Crippen molar-refractivity contribution in [1.82, 2.24) is 5.32 Å². The van der Waals surface area contributed by atoms with Gasteiger partial charge in [-0.15, -0.1) is 0 Å². The molecule has 0 fully saturated rings. The summed E-state index contributed by atoms with van der Waals surface area (Å²) in [5.41, 5.74) is 1.50. The van der Waals surface area contributed by atoms with Gasteiger partial charge in [0.15, 0.2) is 0 Å². The van der Waals surface area contributed by atoms with Crippen LogP contribution in [0.15, 0.2) is 48.5 Å². The van der Waals surface area contributed by atoms with Crippen molar-refractivity contribution < 1.29 is 9.18 Å². The number of hydrogen-bond donors (Lipinski definition) is 1. The molecule has 0 aromatic heterocycles. The van der Waals surface area contributed by atoms with Crippen molar-refractivity contribution in [2.45, 2.75) is 6.54 Å². The first kappa shape index (κ1) is 13.0. The maximum absolute atomic E-state index is 12.7. The van der Waals surface area contributed by atoms with Gasteiger partial charge in [0, 0.05) is 15.7 Å². The molecule has 2 aromatic carbocycles. The van der Waals surface area contributed by atoms with Crippen LogP contribution in [-0.2, 0) is 6.54 Å². The zero-order chi connectivity index (χ0) is 13.0. The normalized spacial score (nSPS) is 10.1. The van der Waals surface area contributed by atoms with Gasteiger partial charge in [0.05, 0.1) is 0 Å². The van der Waals surface area contributed by atoms with Crippen molar-refractivity contribution in [3.8, 4) is 0 Å². The van der Waals surface area contributed by atoms with Crippen molar-refractivity contribution in [3.05, 3.63) is 69.0 Å². The molecule has 0 saturated carbocycles. The third-order valence-corrected chi connectivity index (χ3v) is 3.12. The predicted molar refractivity (Wildman–Crippen MR) is 76.7 cm³/mol. The van der Waals surface area contributed by atoms with Gasteiger partial charge in [-0.1, -0.05) is 18.2 Å². The lowest BCUT2D eigenvalue weighted by Gasteiger charge is -2.05. The highest BCUT2D eigenvalue weighted by atomic mass is 127. The van der Waals surface area contributed by atoms with Crippen LogP contribution in [0.4, 0.5) is 4.39 Å². The van der Waals surface area contributed by atoms with Gasteiger partial charge in [-0.05, 0) is 58.5 Å². The van der Waals surface area contributed by atoms with Gasteiger partial charge < -0.3 is 5.32 Å². The summed E-state index contributed by atoms with van der Waals surface area (Å²) in [5.74, 6) is -0.402. The number of halogens is 2. The van der Waals surface area contributed by atoms with E-state index >= 15 is 0 Å². The molecular weight excluding hydrogens is 344 g/mol. The molecule has 0 atom stereocenters. The maximum atomic E-state index is 12.7. The van der Waals surface area contributed by atoms with Gasteiger partial charge in [-0.3, -0.25) is 4.79 Å². The summed E-state index contributed by atoms with van der Waals surface area (Å²) in [6.45, 7) is 0.393. The lowest BCUT2D eigenvalue weighted by molar-refractivity contribution is 0.0951. The van der Waals surface area contributed by atoms with E-state index in [1.807, 2.05) is 18.2 Å². The van der Waals surface area contributed by atoms with Gasteiger partial charge in [-0.2, -0.15) is 0 Å². The summed E-state index contributed by atoms with van der Waals surface area (Å²) in [6, 6.07) is 13.4. The summed E-state index contributed by atoms with van der Waals surface area (Å²) >= 11 is 2.16. The summed E-state index contributed by atoms with van der Waals surface area (Å²) in [6.07, 6.45) is 0. The number of amides is 1. The molecule has 0 saturated heterocycles. The van der Waals surface area contributed by atoms with Crippen LogP contribution >= 0.6 is 22.6 Å². The second-order valence-corrected chi connectivity index (χ2v) is 5.07. The van der Waals surface area contributed by atoms with E-state index in [4.69, 9.17) is 0 Å². The fraction of sp³-hybridized carbons (Fsp3) is 0.0714. The van der Waals surface area contributed by atoms with E-state index < -0.39 is 0 Å². The fourth-order valence-corrected chi connectivity index (χ4v) is 2.06. The molecule has 0 unspecified atom stereocenters. The number of carbonyl (C=O) groups is 1. The smallest absolute Gasteiger partial charge is 0.251 e. The molecule has 92 valence electrons. The third kappa shape index (κ3) is 3.53. The largest absolute Gasteiger partial charge is 0.348 e. The van der Waals surface area contributed by atoms with Crippen molar-refractivity contribution in [2.24, 2.45) is 0 Å². The topological polar surface area (TPSA) is 29.1 Å².